The van der Waals surface area contributed by atoms with Crippen LogP contribution in [0, 0.1) is 0 Å². The first kappa shape index (κ1) is 16.3. The van der Waals surface area contributed by atoms with Crippen LogP contribution in [0.1, 0.15) is 28.6 Å². The zero-order valence-corrected chi connectivity index (χ0v) is 14.5. The third-order valence-corrected chi connectivity index (χ3v) is 4.58. The predicted molar refractivity (Wildman–Crippen MR) is 93.6 cm³/mol. The Morgan fingerprint density at radius 3 is 2.92 bits per heavy atom. The molecule has 1 atom stereocenters. The molecule has 8 heteroatoms. The molecule has 0 radical (unpaired) electrons. The summed E-state index contributed by atoms with van der Waals surface area (Å²) in [6, 6.07) is 7.47. The number of carbonyl (C=O) groups excluding carboxylic acids is 1. The molecule has 134 valence electrons. The van der Waals surface area contributed by atoms with Crippen LogP contribution in [0.15, 0.2) is 49.1 Å². The maximum Gasteiger partial charge on any atom is 0.270 e. The molecular weight excluding hydrogens is 332 g/mol. The van der Waals surface area contributed by atoms with Crippen molar-refractivity contribution in [2.75, 3.05) is 13.1 Å². The minimum Gasteiger partial charge on any atom is -0.487 e. The van der Waals surface area contributed by atoms with Crippen molar-refractivity contribution in [1.29, 1.82) is 0 Å². The molecule has 0 aliphatic carbocycles. The van der Waals surface area contributed by atoms with Crippen molar-refractivity contribution in [1.82, 2.24) is 29.4 Å². The second-order valence-electron chi connectivity index (χ2n) is 6.36. The van der Waals surface area contributed by atoms with Gasteiger partial charge in [0.05, 0.1) is 12.2 Å². The highest BCUT2D eigenvalue weighted by Crippen LogP contribution is 2.23. The summed E-state index contributed by atoms with van der Waals surface area (Å²) in [5.74, 6) is 0.802. The number of likely N-dealkylation sites (tertiary alicyclic amines) is 1. The van der Waals surface area contributed by atoms with Crippen LogP contribution >= 0.6 is 0 Å². The van der Waals surface area contributed by atoms with Gasteiger partial charge in [-0.3, -0.25) is 9.78 Å². The molecule has 1 saturated heterocycles. The number of aromatic nitrogens is 5. The van der Waals surface area contributed by atoms with Crippen LogP contribution in [0.5, 0.6) is 5.75 Å². The molecule has 0 spiro atoms. The van der Waals surface area contributed by atoms with Crippen LogP contribution in [0.3, 0.4) is 0 Å². The van der Waals surface area contributed by atoms with Gasteiger partial charge in [0.2, 0.25) is 0 Å². The summed E-state index contributed by atoms with van der Waals surface area (Å²) in [5, 5.41) is 8.39. The molecule has 1 aliphatic rings. The first-order valence-corrected chi connectivity index (χ1v) is 8.55. The summed E-state index contributed by atoms with van der Waals surface area (Å²) in [5.41, 5.74) is 1.46. The van der Waals surface area contributed by atoms with Crippen molar-refractivity contribution < 1.29 is 9.53 Å². The van der Waals surface area contributed by atoms with E-state index in [2.05, 4.69) is 15.3 Å². The molecule has 1 unspecified atom stereocenters. The number of hydrogen-bond donors (Lipinski definition) is 0. The Bertz CT molecular complexity index is 888. The van der Waals surface area contributed by atoms with Gasteiger partial charge < -0.3 is 14.2 Å². The van der Waals surface area contributed by atoms with Crippen molar-refractivity contribution in [3.8, 4) is 5.75 Å². The van der Waals surface area contributed by atoms with Crippen molar-refractivity contribution >= 4 is 5.91 Å². The molecule has 4 rings (SSSR count). The van der Waals surface area contributed by atoms with Crippen LogP contribution in [-0.2, 0) is 13.7 Å². The van der Waals surface area contributed by atoms with E-state index in [-0.39, 0.29) is 11.9 Å². The second kappa shape index (κ2) is 6.99. The average molecular weight is 352 g/mol. The van der Waals surface area contributed by atoms with Crippen LogP contribution in [0.25, 0.3) is 0 Å². The predicted octanol–water partition coefficient (Wildman–Crippen LogP) is 1.68. The molecule has 3 aromatic heterocycles. The number of amides is 1. The fourth-order valence-corrected chi connectivity index (χ4v) is 3.14. The summed E-state index contributed by atoms with van der Waals surface area (Å²) >= 11 is 0. The SMILES string of the molecule is Cn1cccc1C(=O)N1CCC(n2cc(COc3ccncc3)nn2)C1. The van der Waals surface area contributed by atoms with Crippen molar-refractivity contribution in [3.05, 3.63) is 60.4 Å². The molecule has 1 amide bonds. The highest BCUT2D eigenvalue weighted by Gasteiger charge is 2.29. The fourth-order valence-electron chi connectivity index (χ4n) is 3.14. The first-order chi connectivity index (χ1) is 12.7. The molecular formula is C18H20N6O2. The molecule has 8 nitrogen and oxygen atoms in total. The van der Waals surface area contributed by atoms with Gasteiger partial charge in [-0.05, 0) is 30.7 Å². The number of aryl methyl sites for hydroxylation is 1. The van der Waals surface area contributed by atoms with E-state index < -0.39 is 0 Å². The van der Waals surface area contributed by atoms with Crippen LogP contribution < -0.4 is 4.74 Å². The van der Waals surface area contributed by atoms with E-state index in [1.165, 1.54) is 0 Å². The first-order valence-electron chi connectivity index (χ1n) is 8.55. The van der Waals surface area contributed by atoms with E-state index in [9.17, 15) is 4.79 Å². The van der Waals surface area contributed by atoms with Gasteiger partial charge in [-0.2, -0.15) is 0 Å². The minimum atomic E-state index is 0.0568. The van der Waals surface area contributed by atoms with Crippen molar-refractivity contribution in [2.45, 2.75) is 19.1 Å². The Labute approximate surface area is 151 Å². The normalized spacial score (nSPS) is 16.8. The van der Waals surface area contributed by atoms with E-state index in [0.29, 0.717) is 18.8 Å². The molecule has 26 heavy (non-hydrogen) atoms. The lowest BCUT2D eigenvalue weighted by atomic mass is 10.3. The summed E-state index contributed by atoms with van der Waals surface area (Å²) in [6.45, 7) is 1.71. The van der Waals surface area contributed by atoms with Gasteiger partial charge in [0.15, 0.2) is 0 Å². The van der Waals surface area contributed by atoms with Crippen LogP contribution in [0.2, 0.25) is 0 Å². The number of ether oxygens (including phenoxy) is 1. The highest BCUT2D eigenvalue weighted by atomic mass is 16.5. The Kier molecular flexibility index (Phi) is 4.39. The third-order valence-electron chi connectivity index (χ3n) is 4.58. The van der Waals surface area contributed by atoms with E-state index in [1.807, 2.05) is 45.7 Å². The number of hydrogen-bond acceptors (Lipinski definition) is 5. The molecule has 0 N–H and O–H groups in total. The number of carbonyl (C=O) groups is 1. The average Bonchev–Trinajstić information content (AvgIpc) is 3.40. The molecule has 0 aromatic carbocycles. The van der Waals surface area contributed by atoms with Crippen LogP contribution in [-0.4, -0.2) is 48.4 Å². The summed E-state index contributed by atoms with van der Waals surface area (Å²) in [4.78, 5) is 18.4. The van der Waals surface area contributed by atoms with Crippen molar-refractivity contribution in [3.63, 3.8) is 0 Å². The largest absolute Gasteiger partial charge is 0.487 e. The standard InChI is InChI=1S/C18H20N6O2/c1-22-9-2-3-17(22)18(25)23-10-6-15(12-23)24-11-14(20-21-24)13-26-16-4-7-19-8-5-16/h2-5,7-9,11,15H,6,10,12-13H2,1H3. The quantitative estimate of drug-likeness (QED) is 0.698. The van der Waals surface area contributed by atoms with E-state index in [1.54, 1.807) is 24.5 Å². The van der Waals surface area contributed by atoms with E-state index >= 15 is 0 Å². The van der Waals surface area contributed by atoms with Crippen molar-refractivity contribution in [2.24, 2.45) is 7.05 Å². The number of rotatable bonds is 5. The maximum atomic E-state index is 12.6. The maximum absolute atomic E-state index is 12.6. The Hall–Kier alpha value is -3.16. The third kappa shape index (κ3) is 3.30. The molecule has 3 aromatic rings. The lowest BCUT2D eigenvalue weighted by molar-refractivity contribution is 0.0777. The van der Waals surface area contributed by atoms with Gasteiger partial charge in [0, 0.05) is 38.7 Å². The summed E-state index contributed by atoms with van der Waals surface area (Å²) in [7, 11) is 1.88. The molecule has 0 bridgehead atoms. The van der Waals surface area contributed by atoms with Gasteiger partial charge >= 0.3 is 0 Å². The van der Waals surface area contributed by atoms with Gasteiger partial charge in [0.1, 0.15) is 23.7 Å². The Morgan fingerprint density at radius 2 is 2.15 bits per heavy atom. The summed E-state index contributed by atoms with van der Waals surface area (Å²) in [6.07, 6.45) is 8.01. The molecule has 1 fully saturated rings. The lowest BCUT2D eigenvalue weighted by Crippen LogP contribution is -2.30. The number of pyridine rings is 1. The topological polar surface area (TPSA) is 78.1 Å². The summed E-state index contributed by atoms with van der Waals surface area (Å²) < 4.78 is 9.35. The Morgan fingerprint density at radius 1 is 1.31 bits per heavy atom. The zero-order valence-electron chi connectivity index (χ0n) is 14.5. The zero-order chi connectivity index (χ0) is 17.9. The molecule has 4 heterocycles. The Balaban J connectivity index is 1.36. The lowest BCUT2D eigenvalue weighted by Gasteiger charge is -2.16. The fraction of sp³-hybridized carbons (Fsp3) is 0.333. The second-order valence-corrected chi connectivity index (χ2v) is 6.36. The van der Waals surface area contributed by atoms with Gasteiger partial charge in [0.25, 0.3) is 5.91 Å². The van der Waals surface area contributed by atoms with Gasteiger partial charge in [-0.1, -0.05) is 5.21 Å². The monoisotopic (exact) mass is 352 g/mol. The van der Waals surface area contributed by atoms with E-state index in [4.69, 9.17) is 4.74 Å². The molecule has 1 aliphatic heterocycles. The minimum absolute atomic E-state index is 0.0568. The van der Waals surface area contributed by atoms with Crippen LogP contribution in [0.4, 0.5) is 0 Å². The van der Waals surface area contributed by atoms with E-state index in [0.717, 1.165) is 24.4 Å². The highest BCUT2D eigenvalue weighted by molar-refractivity contribution is 5.92. The number of nitrogens with zero attached hydrogens (tertiary/aromatic N) is 6. The van der Waals surface area contributed by atoms with Gasteiger partial charge in [-0.15, -0.1) is 5.10 Å². The smallest absolute Gasteiger partial charge is 0.270 e. The van der Waals surface area contributed by atoms with Gasteiger partial charge in [-0.25, -0.2) is 4.68 Å². The molecule has 0 saturated carbocycles.